The Labute approximate surface area is 109 Å². The van der Waals surface area contributed by atoms with Gasteiger partial charge >= 0.3 is 0 Å². The minimum atomic E-state index is 0.352. The second-order valence-electron chi connectivity index (χ2n) is 5.62. The standard InChI is InChI=1S/C15H22N2O/c18-14-3-1-12(2-4-14)5-8-16-15-7-10-17-9-6-13(15)11-17/h1-4,13,15-16,18H,5-11H2. The van der Waals surface area contributed by atoms with Crippen LogP contribution in [0.15, 0.2) is 24.3 Å². The molecule has 0 saturated carbocycles. The van der Waals surface area contributed by atoms with Gasteiger partial charge in [-0.3, -0.25) is 0 Å². The lowest BCUT2D eigenvalue weighted by atomic mass is 9.94. The summed E-state index contributed by atoms with van der Waals surface area (Å²) in [7, 11) is 0. The smallest absolute Gasteiger partial charge is 0.115 e. The molecule has 0 spiro atoms. The molecule has 0 radical (unpaired) electrons. The maximum absolute atomic E-state index is 9.24. The van der Waals surface area contributed by atoms with E-state index in [1.54, 1.807) is 12.1 Å². The van der Waals surface area contributed by atoms with Gasteiger partial charge in [0.1, 0.15) is 5.75 Å². The minimum absolute atomic E-state index is 0.352. The number of fused-ring (bicyclic) bond motifs is 2. The highest BCUT2D eigenvalue weighted by Crippen LogP contribution is 2.26. The largest absolute Gasteiger partial charge is 0.508 e. The zero-order chi connectivity index (χ0) is 12.4. The summed E-state index contributed by atoms with van der Waals surface area (Å²) >= 11 is 0. The predicted octanol–water partition coefficient (Wildman–Crippen LogP) is 1.62. The molecule has 3 nitrogen and oxygen atoms in total. The van der Waals surface area contributed by atoms with Crippen LogP contribution in [0.5, 0.6) is 5.75 Å². The van der Waals surface area contributed by atoms with Crippen LogP contribution in [0, 0.1) is 5.92 Å². The summed E-state index contributed by atoms with van der Waals surface area (Å²) < 4.78 is 0. The zero-order valence-electron chi connectivity index (χ0n) is 10.8. The first-order chi connectivity index (χ1) is 8.81. The molecule has 2 saturated heterocycles. The molecule has 0 aliphatic carbocycles. The lowest BCUT2D eigenvalue weighted by Crippen LogP contribution is -2.44. The first-order valence-corrected chi connectivity index (χ1v) is 7.05. The number of aromatic hydroxyl groups is 1. The number of nitrogens with one attached hydrogen (secondary N) is 1. The van der Waals surface area contributed by atoms with Gasteiger partial charge in [0, 0.05) is 12.6 Å². The number of phenols is 1. The van der Waals surface area contributed by atoms with Crippen LogP contribution in [0.1, 0.15) is 18.4 Å². The number of hydrogen-bond donors (Lipinski definition) is 2. The Bertz CT molecular complexity index is 390. The van der Waals surface area contributed by atoms with Crippen LogP contribution in [-0.4, -0.2) is 42.2 Å². The zero-order valence-corrected chi connectivity index (χ0v) is 10.8. The number of rotatable bonds is 4. The van der Waals surface area contributed by atoms with E-state index in [-0.39, 0.29) is 0 Å². The van der Waals surface area contributed by atoms with Crippen molar-refractivity contribution < 1.29 is 5.11 Å². The highest BCUT2D eigenvalue weighted by molar-refractivity contribution is 5.26. The van der Waals surface area contributed by atoms with Crippen molar-refractivity contribution >= 4 is 0 Å². The average Bonchev–Trinajstić information content (AvgIpc) is 2.77. The Morgan fingerprint density at radius 1 is 1.17 bits per heavy atom. The fraction of sp³-hybridized carbons (Fsp3) is 0.600. The Morgan fingerprint density at radius 3 is 2.78 bits per heavy atom. The molecule has 18 heavy (non-hydrogen) atoms. The third kappa shape index (κ3) is 2.68. The molecule has 2 aliphatic rings. The van der Waals surface area contributed by atoms with E-state index in [4.69, 9.17) is 0 Å². The van der Waals surface area contributed by atoms with Gasteiger partial charge in [0.15, 0.2) is 0 Å². The molecule has 3 heteroatoms. The maximum Gasteiger partial charge on any atom is 0.115 e. The highest BCUT2D eigenvalue weighted by Gasteiger charge is 2.33. The van der Waals surface area contributed by atoms with Crippen LogP contribution in [0.25, 0.3) is 0 Å². The molecule has 3 unspecified atom stereocenters. The first-order valence-electron chi connectivity index (χ1n) is 7.05. The van der Waals surface area contributed by atoms with Crippen molar-refractivity contribution in [3.8, 4) is 5.75 Å². The van der Waals surface area contributed by atoms with Crippen LogP contribution >= 0.6 is 0 Å². The van der Waals surface area contributed by atoms with Crippen molar-refractivity contribution in [2.24, 2.45) is 5.92 Å². The van der Waals surface area contributed by atoms with E-state index in [2.05, 4.69) is 10.2 Å². The van der Waals surface area contributed by atoms with E-state index < -0.39 is 0 Å². The van der Waals surface area contributed by atoms with Crippen molar-refractivity contribution in [3.05, 3.63) is 29.8 Å². The number of phenolic OH excluding ortho intramolecular Hbond substituents is 1. The topological polar surface area (TPSA) is 35.5 Å². The number of piperidine rings is 1. The second-order valence-corrected chi connectivity index (χ2v) is 5.62. The van der Waals surface area contributed by atoms with Crippen LogP contribution in [0.3, 0.4) is 0 Å². The van der Waals surface area contributed by atoms with Gasteiger partial charge in [-0.25, -0.2) is 0 Å². The summed E-state index contributed by atoms with van der Waals surface area (Å²) in [6.45, 7) is 4.93. The predicted molar refractivity (Wildman–Crippen MR) is 72.8 cm³/mol. The summed E-state index contributed by atoms with van der Waals surface area (Å²) in [5, 5.41) is 13.0. The molecule has 1 aromatic carbocycles. The van der Waals surface area contributed by atoms with Gasteiger partial charge in [-0.15, -0.1) is 0 Å². The molecule has 3 rings (SSSR count). The van der Waals surface area contributed by atoms with Crippen molar-refractivity contribution in [1.82, 2.24) is 10.2 Å². The van der Waals surface area contributed by atoms with Gasteiger partial charge in [0.2, 0.25) is 0 Å². The molecule has 2 aliphatic heterocycles. The van der Waals surface area contributed by atoms with Gasteiger partial charge in [0.05, 0.1) is 0 Å². The summed E-state index contributed by atoms with van der Waals surface area (Å²) in [5.74, 6) is 1.23. The number of hydrogen-bond acceptors (Lipinski definition) is 3. The van der Waals surface area contributed by atoms with Crippen LogP contribution in [-0.2, 0) is 6.42 Å². The lowest BCUT2D eigenvalue weighted by molar-refractivity contribution is 0.222. The van der Waals surface area contributed by atoms with Gasteiger partial charge in [-0.05, 0) is 62.5 Å². The second kappa shape index (κ2) is 5.29. The summed E-state index contributed by atoms with van der Waals surface area (Å²) in [6, 6.07) is 8.28. The monoisotopic (exact) mass is 246 g/mol. The van der Waals surface area contributed by atoms with Crippen molar-refractivity contribution in [1.29, 1.82) is 0 Å². The Hall–Kier alpha value is -1.06. The van der Waals surface area contributed by atoms with Crippen LogP contribution in [0.4, 0.5) is 0 Å². The molecule has 2 N–H and O–H groups in total. The molecular formula is C15H22N2O. The van der Waals surface area contributed by atoms with Crippen molar-refractivity contribution in [3.63, 3.8) is 0 Å². The van der Waals surface area contributed by atoms with Crippen molar-refractivity contribution in [2.45, 2.75) is 25.3 Å². The third-order valence-corrected chi connectivity index (χ3v) is 4.39. The van der Waals surface area contributed by atoms with Crippen LogP contribution in [0.2, 0.25) is 0 Å². The molecule has 0 amide bonds. The fourth-order valence-corrected chi connectivity index (χ4v) is 3.28. The third-order valence-electron chi connectivity index (χ3n) is 4.39. The molecule has 98 valence electrons. The molecule has 0 aromatic heterocycles. The van der Waals surface area contributed by atoms with Crippen LogP contribution < -0.4 is 5.32 Å². The van der Waals surface area contributed by atoms with Gasteiger partial charge in [-0.1, -0.05) is 12.1 Å². The van der Waals surface area contributed by atoms with E-state index in [0.29, 0.717) is 5.75 Å². The quantitative estimate of drug-likeness (QED) is 0.847. The molecule has 2 fully saturated rings. The molecule has 3 atom stereocenters. The minimum Gasteiger partial charge on any atom is -0.508 e. The Morgan fingerprint density at radius 2 is 1.94 bits per heavy atom. The Balaban J connectivity index is 1.45. The van der Waals surface area contributed by atoms with E-state index >= 15 is 0 Å². The molecule has 2 heterocycles. The van der Waals surface area contributed by atoms with Crippen molar-refractivity contribution in [2.75, 3.05) is 26.2 Å². The molecule has 1 aromatic rings. The maximum atomic E-state index is 9.24. The Kier molecular flexibility index (Phi) is 3.52. The summed E-state index contributed by atoms with van der Waals surface area (Å²) in [4.78, 5) is 2.59. The van der Waals surface area contributed by atoms with Gasteiger partial charge < -0.3 is 15.3 Å². The fourth-order valence-electron chi connectivity index (χ4n) is 3.28. The molecular weight excluding hydrogens is 224 g/mol. The SMILES string of the molecule is Oc1ccc(CCNC2CCN3CCC2C3)cc1. The normalized spacial score (nSPS) is 30.6. The lowest BCUT2D eigenvalue weighted by Gasteiger charge is -2.31. The number of nitrogens with zero attached hydrogens (tertiary/aromatic N) is 1. The molecule has 2 bridgehead atoms. The van der Waals surface area contributed by atoms with Gasteiger partial charge in [-0.2, -0.15) is 0 Å². The average molecular weight is 246 g/mol. The van der Waals surface area contributed by atoms with E-state index in [0.717, 1.165) is 24.9 Å². The van der Waals surface area contributed by atoms with E-state index in [1.165, 1.54) is 38.0 Å². The summed E-state index contributed by atoms with van der Waals surface area (Å²) in [5.41, 5.74) is 1.30. The first kappa shape index (κ1) is 12.0. The van der Waals surface area contributed by atoms with Gasteiger partial charge in [0.25, 0.3) is 0 Å². The highest BCUT2D eigenvalue weighted by atomic mass is 16.3. The number of benzene rings is 1. The van der Waals surface area contributed by atoms with E-state index in [9.17, 15) is 5.11 Å². The van der Waals surface area contributed by atoms with E-state index in [1.807, 2.05) is 12.1 Å². The summed E-state index contributed by atoms with van der Waals surface area (Å²) in [6.07, 6.45) is 3.73.